The molecule has 13 heteroatoms. The molecule has 0 aliphatic carbocycles. The summed E-state index contributed by atoms with van der Waals surface area (Å²) in [6, 6.07) is 4.92. The van der Waals surface area contributed by atoms with Gasteiger partial charge in [-0.25, -0.2) is 4.79 Å². The van der Waals surface area contributed by atoms with Crippen LogP contribution < -0.4 is 32.7 Å². The number of guanidine groups is 1. The van der Waals surface area contributed by atoms with Gasteiger partial charge in [-0.2, -0.15) is 0 Å². The molecule has 11 N–H and O–H groups in total. The van der Waals surface area contributed by atoms with Crippen LogP contribution >= 0.6 is 0 Å². The van der Waals surface area contributed by atoms with Gasteiger partial charge in [0.25, 0.3) is 0 Å². The number of hydrogen-bond donors (Lipinski definition) is 9. The molecule has 0 aliphatic rings. The summed E-state index contributed by atoms with van der Waals surface area (Å²) in [7, 11) is 0. The third-order valence-electron chi connectivity index (χ3n) is 4.78. The molecule has 34 heavy (non-hydrogen) atoms. The van der Waals surface area contributed by atoms with Crippen molar-refractivity contribution in [2.75, 3.05) is 13.1 Å². The highest BCUT2D eigenvalue weighted by Gasteiger charge is 2.31. The van der Waals surface area contributed by atoms with Crippen molar-refractivity contribution in [2.45, 2.75) is 50.4 Å². The van der Waals surface area contributed by atoms with Crippen LogP contribution in [0.5, 0.6) is 0 Å². The zero-order valence-electron chi connectivity index (χ0n) is 18.9. The van der Waals surface area contributed by atoms with Gasteiger partial charge < -0.3 is 42.9 Å². The lowest BCUT2D eigenvalue weighted by Gasteiger charge is -2.25. The molecule has 1 aromatic rings. The number of carbonyl (C=O) groups excluding carboxylic acids is 3. The van der Waals surface area contributed by atoms with Crippen LogP contribution in [-0.4, -0.2) is 77.2 Å². The van der Waals surface area contributed by atoms with E-state index in [0.29, 0.717) is 12.0 Å². The lowest BCUT2D eigenvalue weighted by atomic mass is 10.0. The first-order valence-corrected chi connectivity index (χ1v) is 10.7. The number of nitrogens with two attached hydrogens (primary N) is 2. The fourth-order valence-electron chi connectivity index (χ4n) is 3.03. The van der Waals surface area contributed by atoms with Crippen LogP contribution in [0.3, 0.4) is 0 Å². The lowest BCUT2D eigenvalue weighted by Crippen LogP contribution is -2.58. The van der Waals surface area contributed by atoms with E-state index in [9.17, 15) is 29.4 Å². The first-order chi connectivity index (χ1) is 16.0. The summed E-state index contributed by atoms with van der Waals surface area (Å²) in [6.07, 6.45) is -0.821. The number of carbonyl (C=O) groups is 4. The Morgan fingerprint density at radius 1 is 1.03 bits per heavy atom. The number of aliphatic hydroxyl groups is 1. The van der Waals surface area contributed by atoms with Gasteiger partial charge in [-0.3, -0.25) is 19.8 Å². The molecule has 3 amide bonds. The van der Waals surface area contributed by atoms with Gasteiger partial charge in [0, 0.05) is 13.0 Å². The smallest absolute Gasteiger partial charge is 0.328 e. The van der Waals surface area contributed by atoms with E-state index in [1.54, 1.807) is 30.3 Å². The first-order valence-electron chi connectivity index (χ1n) is 10.7. The second kappa shape index (κ2) is 14.4. The highest BCUT2D eigenvalue weighted by atomic mass is 16.4. The van der Waals surface area contributed by atoms with Gasteiger partial charge in [0.1, 0.15) is 12.1 Å². The average molecular weight is 480 g/mol. The minimum atomic E-state index is -1.58. The summed E-state index contributed by atoms with van der Waals surface area (Å²) in [4.78, 5) is 49.1. The minimum absolute atomic E-state index is 0.0357. The molecule has 4 atom stereocenters. The monoisotopic (exact) mass is 479 g/mol. The molecule has 0 saturated heterocycles. The highest BCUT2D eigenvalue weighted by molar-refractivity contribution is 5.93. The van der Waals surface area contributed by atoms with Gasteiger partial charge in [0.15, 0.2) is 12.0 Å². The van der Waals surface area contributed by atoms with E-state index in [-0.39, 0.29) is 31.9 Å². The van der Waals surface area contributed by atoms with Crippen molar-refractivity contribution >= 4 is 29.7 Å². The summed E-state index contributed by atoms with van der Waals surface area (Å²) in [6.45, 7) is 1.15. The second-order valence-electron chi connectivity index (χ2n) is 7.62. The first kappa shape index (κ1) is 28.3. The maximum absolute atomic E-state index is 13.0. The summed E-state index contributed by atoms with van der Waals surface area (Å²) in [5.41, 5.74) is 11.3. The molecule has 0 bridgehead atoms. The molecule has 0 radical (unpaired) electrons. The van der Waals surface area contributed by atoms with Crippen LogP contribution in [-0.2, 0) is 25.6 Å². The minimum Gasteiger partial charge on any atom is -0.480 e. The molecular weight excluding hydrogens is 446 g/mol. The average Bonchev–Trinajstić information content (AvgIpc) is 2.78. The number of nitrogens with one attached hydrogen (secondary N) is 5. The molecule has 0 heterocycles. The van der Waals surface area contributed by atoms with Crippen molar-refractivity contribution in [3.8, 4) is 0 Å². The van der Waals surface area contributed by atoms with Gasteiger partial charge in [-0.05, 0) is 25.3 Å². The van der Waals surface area contributed by atoms with Crippen LogP contribution in [0.25, 0.3) is 0 Å². The Balaban J connectivity index is 3.03. The number of amides is 3. The van der Waals surface area contributed by atoms with Gasteiger partial charge in [-0.15, -0.1) is 0 Å². The van der Waals surface area contributed by atoms with Crippen LogP contribution in [0.15, 0.2) is 30.3 Å². The summed E-state index contributed by atoms with van der Waals surface area (Å²) in [5.74, 6) is -3.74. The molecule has 1 rings (SSSR count). The fourth-order valence-corrected chi connectivity index (χ4v) is 3.03. The summed E-state index contributed by atoms with van der Waals surface area (Å²) in [5, 5.41) is 36.0. The van der Waals surface area contributed by atoms with Crippen molar-refractivity contribution in [2.24, 2.45) is 11.5 Å². The second-order valence-corrected chi connectivity index (χ2v) is 7.62. The Bertz CT molecular complexity index is 849. The molecule has 0 saturated carbocycles. The van der Waals surface area contributed by atoms with Crippen molar-refractivity contribution in [3.63, 3.8) is 0 Å². The molecule has 0 fully saturated rings. The number of carboxylic acids is 1. The fraction of sp³-hybridized carbons (Fsp3) is 0.476. The summed E-state index contributed by atoms with van der Waals surface area (Å²) >= 11 is 0. The van der Waals surface area contributed by atoms with Crippen molar-refractivity contribution in [1.82, 2.24) is 21.3 Å². The number of hydrogen-bond acceptors (Lipinski definition) is 7. The molecule has 188 valence electrons. The zero-order valence-corrected chi connectivity index (χ0v) is 18.9. The Morgan fingerprint density at radius 3 is 2.18 bits per heavy atom. The zero-order chi connectivity index (χ0) is 25.7. The Labute approximate surface area is 197 Å². The van der Waals surface area contributed by atoms with E-state index in [1.807, 2.05) is 0 Å². The molecule has 1 aromatic carbocycles. The number of rotatable bonds is 14. The molecule has 0 unspecified atom stereocenters. The molecule has 13 nitrogen and oxygen atoms in total. The normalized spacial score (nSPS) is 14.1. The Morgan fingerprint density at radius 2 is 1.65 bits per heavy atom. The maximum Gasteiger partial charge on any atom is 0.328 e. The van der Waals surface area contributed by atoms with Crippen molar-refractivity contribution < 1.29 is 29.4 Å². The Kier molecular flexibility index (Phi) is 12.0. The number of benzene rings is 1. The summed E-state index contributed by atoms with van der Waals surface area (Å²) < 4.78 is 0. The largest absolute Gasteiger partial charge is 0.480 e. The molecule has 0 aromatic heterocycles. The van der Waals surface area contributed by atoms with Gasteiger partial charge >= 0.3 is 5.97 Å². The van der Waals surface area contributed by atoms with Crippen LogP contribution in [0.1, 0.15) is 25.3 Å². The van der Waals surface area contributed by atoms with E-state index in [0.717, 1.165) is 0 Å². The number of carboxylic acid groups (broad SMARTS) is 1. The van der Waals surface area contributed by atoms with E-state index >= 15 is 0 Å². The van der Waals surface area contributed by atoms with Crippen LogP contribution in [0.4, 0.5) is 0 Å². The third-order valence-corrected chi connectivity index (χ3v) is 4.78. The molecular formula is C21H33N7O6. The highest BCUT2D eigenvalue weighted by Crippen LogP contribution is 2.06. The standard InChI is InChI=1S/C21H33N7O6/c1-12(29)17(20(33)34)28-19(32)15(10-13-6-3-2-4-7-13)27-18(31)14(26-16(30)11-22)8-5-9-25-21(23)24/h2-4,6-7,12,14-15,17,29H,5,8-11,22H2,1H3,(H,26,30)(H,27,31)(H,28,32)(H,33,34)(H4,23,24,25)/t12-,14+,15+,17+/m1/s1. The molecule has 0 spiro atoms. The SMILES string of the molecule is C[C@@H](O)[C@H](NC(=O)[C@H](Cc1ccccc1)NC(=O)[C@H](CCCNC(=N)N)NC(=O)CN)C(=O)O. The van der Waals surface area contributed by atoms with E-state index in [4.69, 9.17) is 16.9 Å². The number of aliphatic hydroxyl groups excluding tert-OH is 1. The third kappa shape index (κ3) is 10.3. The van der Waals surface area contributed by atoms with E-state index < -0.39 is 47.9 Å². The number of aliphatic carboxylic acids is 1. The van der Waals surface area contributed by atoms with Gasteiger partial charge in [0.05, 0.1) is 12.6 Å². The Hall–Kier alpha value is -3.71. The van der Waals surface area contributed by atoms with E-state index in [1.165, 1.54) is 6.92 Å². The van der Waals surface area contributed by atoms with Crippen LogP contribution in [0, 0.1) is 5.41 Å². The van der Waals surface area contributed by atoms with Crippen molar-refractivity contribution in [1.29, 1.82) is 5.41 Å². The quantitative estimate of drug-likeness (QED) is 0.0770. The van der Waals surface area contributed by atoms with Gasteiger partial charge in [-0.1, -0.05) is 30.3 Å². The van der Waals surface area contributed by atoms with Gasteiger partial charge in [0.2, 0.25) is 17.7 Å². The van der Waals surface area contributed by atoms with Crippen molar-refractivity contribution in [3.05, 3.63) is 35.9 Å². The predicted octanol–water partition coefficient (Wildman–Crippen LogP) is -2.63. The van der Waals surface area contributed by atoms with Crippen LogP contribution in [0.2, 0.25) is 0 Å². The predicted molar refractivity (Wildman–Crippen MR) is 123 cm³/mol. The van der Waals surface area contributed by atoms with E-state index in [2.05, 4.69) is 21.3 Å². The topological polar surface area (TPSA) is 233 Å². The molecule has 0 aliphatic heterocycles. The lowest BCUT2D eigenvalue weighted by molar-refractivity contribution is -0.145. The maximum atomic E-state index is 13.0.